The summed E-state index contributed by atoms with van der Waals surface area (Å²) >= 11 is 0. The molecule has 3 rings (SSSR count). The van der Waals surface area contributed by atoms with Crippen LogP contribution in [0.5, 0.6) is 0 Å². The summed E-state index contributed by atoms with van der Waals surface area (Å²) in [5.74, 6) is -4.87. The normalized spacial score (nSPS) is 25.5. The second kappa shape index (κ2) is 5.01. The first-order valence-corrected chi connectivity index (χ1v) is 7.13. The highest BCUT2D eigenvalue weighted by Gasteiger charge is 2.63. The second-order valence-corrected chi connectivity index (χ2v) is 5.76. The third-order valence-electron chi connectivity index (χ3n) is 4.47. The molecular weight excluding hydrogens is 284 g/mol. The highest BCUT2D eigenvalue weighted by molar-refractivity contribution is 5.85. The van der Waals surface area contributed by atoms with Crippen LogP contribution >= 0.6 is 0 Å². The number of likely N-dealkylation sites (tertiary alicyclic amines) is 1. The second-order valence-electron chi connectivity index (χ2n) is 5.76. The van der Waals surface area contributed by atoms with Gasteiger partial charge in [-0.15, -0.1) is 0 Å². The molecule has 1 aliphatic heterocycles. The number of hydrogen-bond acceptors (Lipinski definition) is 5. The van der Waals surface area contributed by atoms with Crippen LogP contribution in [0.3, 0.4) is 0 Å². The molecule has 1 atom stereocenters. The topological polar surface area (TPSA) is 79.5 Å². The molecule has 1 aromatic rings. The number of hydrogen-bond donors (Lipinski definition) is 1. The van der Waals surface area contributed by atoms with Gasteiger partial charge in [0.05, 0.1) is 6.04 Å². The summed E-state index contributed by atoms with van der Waals surface area (Å²) in [6, 6.07) is -0.612. The quantitative estimate of drug-likeness (QED) is 0.918. The third kappa shape index (κ3) is 2.21. The Morgan fingerprint density at radius 3 is 2.76 bits per heavy atom. The summed E-state index contributed by atoms with van der Waals surface area (Å²) < 4.78 is 33.3. The summed E-state index contributed by atoms with van der Waals surface area (Å²) in [6.45, 7) is 0.212. The molecule has 21 heavy (non-hydrogen) atoms. The van der Waals surface area contributed by atoms with Crippen LogP contribution in [0.4, 0.5) is 8.78 Å². The Morgan fingerprint density at radius 1 is 1.43 bits per heavy atom. The van der Waals surface area contributed by atoms with Gasteiger partial charge in [-0.3, -0.25) is 4.79 Å². The smallest absolute Gasteiger partial charge is 0.352 e. The van der Waals surface area contributed by atoms with Gasteiger partial charge in [0.15, 0.2) is 5.82 Å². The van der Waals surface area contributed by atoms with Crippen molar-refractivity contribution < 1.29 is 23.2 Å². The van der Waals surface area contributed by atoms with Crippen LogP contribution in [0.15, 0.2) is 10.9 Å². The van der Waals surface area contributed by atoms with E-state index in [4.69, 9.17) is 0 Å². The maximum Gasteiger partial charge on any atom is 0.352 e. The van der Waals surface area contributed by atoms with Crippen LogP contribution in [-0.4, -0.2) is 44.1 Å². The van der Waals surface area contributed by atoms with Crippen molar-refractivity contribution in [3.05, 3.63) is 12.2 Å². The summed E-state index contributed by atoms with van der Waals surface area (Å²) in [7, 11) is 0. The van der Waals surface area contributed by atoms with Gasteiger partial charge in [0.25, 0.3) is 5.91 Å². The molecule has 116 valence electrons. The Bertz CT molecular complexity index is 517. The first-order valence-electron chi connectivity index (χ1n) is 7.13. The predicted molar refractivity (Wildman–Crippen MR) is 66.4 cm³/mol. The number of amides is 1. The number of nitrogens with zero attached hydrogens (tertiary/aromatic N) is 3. The lowest BCUT2D eigenvalue weighted by atomic mass is 9.74. The van der Waals surface area contributed by atoms with E-state index in [-0.39, 0.29) is 25.2 Å². The van der Waals surface area contributed by atoms with E-state index in [1.807, 2.05) is 0 Å². The van der Waals surface area contributed by atoms with E-state index in [1.165, 1.54) is 0 Å². The van der Waals surface area contributed by atoms with E-state index >= 15 is 0 Å². The molecule has 0 aromatic carbocycles. The van der Waals surface area contributed by atoms with Crippen molar-refractivity contribution in [1.82, 2.24) is 15.0 Å². The Labute approximate surface area is 120 Å². The average Bonchev–Trinajstić information content (AvgIpc) is 2.97. The molecule has 2 fully saturated rings. The van der Waals surface area contributed by atoms with Crippen molar-refractivity contribution in [1.29, 1.82) is 0 Å². The van der Waals surface area contributed by atoms with Gasteiger partial charge < -0.3 is 14.5 Å². The highest BCUT2D eigenvalue weighted by Crippen LogP contribution is 2.46. The van der Waals surface area contributed by atoms with Crippen LogP contribution < -0.4 is 0 Å². The van der Waals surface area contributed by atoms with E-state index in [1.54, 1.807) is 0 Å². The van der Waals surface area contributed by atoms with E-state index in [9.17, 15) is 18.7 Å². The molecule has 1 N–H and O–H groups in total. The Balaban J connectivity index is 1.84. The molecule has 1 amide bonds. The molecule has 1 saturated heterocycles. The molecule has 1 saturated carbocycles. The number of carbonyl (C=O) groups is 1. The minimum absolute atomic E-state index is 0.0491. The van der Waals surface area contributed by atoms with Crippen LogP contribution in [0.25, 0.3) is 0 Å². The lowest BCUT2D eigenvalue weighted by Gasteiger charge is -2.45. The van der Waals surface area contributed by atoms with Gasteiger partial charge >= 0.3 is 5.92 Å². The minimum atomic E-state index is -3.77. The van der Waals surface area contributed by atoms with E-state index in [0.717, 1.165) is 17.7 Å². The van der Waals surface area contributed by atoms with Crippen LogP contribution in [-0.2, 0) is 4.79 Å². The van der Waals surface area contributed by atoms with E-state index in [2.05, 4.69) is 14.7 Å². The van der Waals surface area contributed by atoms with Crippen LogP contribution in [0, 0.1) is 0 Å². The number of aromatic nitrogens is 2. The summed E-state index contributed by atoms with van der Waals surface area (Å²) in [5.41, 5.74) is -2.21. The standard InChI is InChI=1S/C13H17F2N3O3/c14-13(15,12(20)5-3-6-12)11(19)18-7-2-1-4-9(18)10-16-8-21-17-10/h8-9,20H,1-7H2. The number of piperidine rings is 1. The van der Waals surface area contributed by atoms with Crippen molar-refractivity contribution in [3.63, 3.8) is 0 Å². The summed E-state index contributed by atoms with van der Waals surface area (Å²) in [5, 5.41) is 13.6. The van der Waals surface area contributed by atoms with Gasteiger partial charge in [-0.05, 0) is 38.5 Å². The minimum Gasteiger partial charge on any atom is -0.383 e. The van der Waals surface area contributed by atoms with Crippen LogP contribution in [0.2, 0.25) is 0 Å². The molecule has 0 bridgehead atoms. The maximum atomic E-state index is 14.3. The Hall–Kier alpha value is -1.57. The van der Waals surface area contributed by atoms with E-state index < -0.39 is 23.5 Å². The van der Waals surface area contributed by atoms with E-state index in [0.29, 0.717) is 19.3 Å². The van der Waals surface area contributed by atoms with Gasteiger partial charge in [0, 0.05) is 6.54 Å². The van der Waals surface area contributed by atoms with Crippen molar-refractivity contribution in [2.45, 2.75) is 56.1 Å². The first kappa shape index (κ1) is 14.4. The molecule has 2 heterocycles. The number of alkyl halides is 2. The van der Waals surface area contributed by atoms with Gasteiger partial charge in [0.1, 0.15) is 5.60 Å². The summed E-state index contributed by atoms with van der Waals surface area (Å²) in [4.78, 5) is 17.3. The van der Waals surface area contributed by atoms with Gasteiger partial charge in [0.2, 0.25) is 6.39 Å². The SMILES string of the molecule is O=C(N1CCCCC1c1ncon1)C(F)(F)C1(O)CCC1. The average molecular weight is 301 g/mol. The number of aliphatic hydroxyl groups is 1. The predicted octanol–water partition coefficient (Wildman–Crippen LogP) is 1.67. The largest absolute Gasteiger partial charge is 0.383 e. The number of rotatable bonds is 3. The zero-order valence-electron chi connectivity index (χ0n) is 11.5. The van der Waals surface area contributed by atoms with Crippen molar-refractivity contribution in [2.24, 2.45) is 0 Å². The number of carbonyl (C=O) groups excluding carboxylic acids is 1. The lowest BCUT2D eigenvalue weighted by molar-refractivity contribution is -0.225. The molecule has 0 spiro atoms. The molecular formula is C13H17F2N3O3. The highest BCUT2D eigenvalue weighted by atomic mass is 19.3. The third-order valence-corrected chi connectivity index (χ3v) is 4.47. The fourth-order valence-electron chi connectivity index (χ4n) is 2.97. The number of halogens is 2. The summed E-state index contributed by atoms with van der Waals surface area (Å²) in [6.07, 6.45) is 3.49. The molecule has 2 aliphatic rings. The van der Waals surface area contributed by atoms with Gasteiger partial charge in [-0.25, -0.2) is 0 Å². The van der Waals surface area contributed by atoms with Gasteiger partial charge in [-0.1, -0.05) is 5.16 Å². The van der Waals surface area contributed by atoms with Crippen molar-refractivity contribution >= 4 is 5.91 Å². The fourth-order valence-corrected chi connectivity index (χ4v) is 2.97. The molecule has 6 nitrogen and oxygen atoms in total. The fraction of sp³-hybridized carbons (Fsp3) is 0.769. The van der Waals surface area contributed by atoms with Crippen molar-refractivity contribution in [3.8, 4) is 0 Å². The molecule has 1 unspecified atom stereocenters. The Kier molecular flexibility index (Phi) is 3.43. The zero-order chi connectivity index (χ0) is 15.1. The van der Waals surface area contributed by atoms with Gasteiger partial charge in [-0.2, -0.15) is 13.8 Å². The first-order chi connectivity index (χ1) is 9.96. The molecule has 0 radical (unpaired) electrons. The molecule has 1 aliphatic carbocycles. The zero-order valence-corrected chi connectivity index (χ0v) is 11.5. The van der Waals surface area contributed by atoms with Crippen molar-refractivity contribution in [2.75, 3.05) is 6.54 Å². The molecule has 8 heteroatoms. The monoisotopic (exact) mass is 301 g/mol. The molecule has 1 aromatic heterocycles. The Morgan fingerprint density at radius 2 is 2.19 bits per heavy atom. The maximum absolute atomic E-state index is 14.3. The lowest BCUT2D eigenvalue weighted by Crippen LogP contribution is -2.62. The van der Waals surface area contributed by atoms with Crippen LogP contribution in [0.1, 0.15) is 50.4 Å².